The van der Waals surface area contributed by atoms with Gasteiger partial charge in [0.15, 0.2) is 6.10 Å². The average molecular weight is 457 g/mol. The summed E-state index contributed by atoms with van der Waals surface area (Å²) in [5, 5.41) is 24.8. The molecule has 0 radical (unpaired) electrons. The first-order valence-electron chi connectivity index (χ1n) is 11.8. The molecule has 0 aromatic heterocycles. The maximum absolute atomic E-state index is 12.6. The Labute approximate surface area is 193 Å². The van der Waals surface area contributed by atoms with Gasteiger partial charge in [0.2, 0.25) is 5.91 Å². The Morgan fingerprint density at radius 2 is 2.15 bits per heavy atom. The van der Waals surface area contributed by atoms with E-state index in [1.807, 2.05) is 19.2 Å². The summed E-state index contributed by atoms with van der Waals surface area (Å²) in [5.74, 6) is 0.324. The van der Waals surface area contributed by atoms with Gasteiger partial charge in [-0.15, -0.1) is 0 Å². The second-order valence-corrected chi connectivity index (χ2v) is 10.1. The van der Waals surface area contributed by atoms with Crippen molar-refractivity contribution in [2.45, 2.75) is 69.3 Å². The minimum atomic E-state index is -1.06. The molecule has 1 fully saturated rings. The molecule has 1 spiro atoms. The van der Waals surface area contributed by atoms with E-state index in [-0.39, 0.29) is 37.4 Å². The van der Waals surface area contributed by atoms with E-state index in [1.54, 1.807) is 19.9 Å². The lowest BCUT2D eigenvalue weighted by Crippen LogP contribution is -2.74. The second kappa shape index (κ2) is 7.82. The molecule has 0 unspecified atom stereocenters. The number of likely N-dealkylation sites (N-methyl/N-ethyl adjacent to an activating group) is 1. The highest BCUT2D eigenvalue weighted by Gasteiger charge is 2.71. The lowest BCUT2D eigenvalue weighted by molar-refractivity contribution is -0.169. The normalized spacial score (nSPS) is 31.5. The van der Waals surface area contributed by atoms with Gasteiger partial charge in [0.1, 0.15) is 11.5 Å². The molecule has 4 aliphatic rings. The molecule has 2 bridgehead atoms. The van der Waals surface area contributed by atoms with Gasteiger partial charge in [0, 0.05) is 36.1 Å². The molecule has 178 valence electrons. The predicted molar refractivity (Wildman–Crippen MR) is 119 cm³/mol. The van der Waals surface area contributed by atoms with Crippen LogP contribution in [-0.4, -0.2) is 64.9 Å². The molecule has 5 rings (SSSR count). The number of aliphatic hydroxyl groups excluding tert-OH is 1. The van der Waals surface area contributed by atoms with E-state index in [0.29, 0.717) is 36.3 Å². The number of hydrogen-bond acceptors (Lipinski definition) is 7. The van der Waals surface area contributed by atoms with Gasteiger partial charge in [-0.2, -0.15) is 0 Å². The Balaban J connectivity index is 1.47. The van der Waals surface area contributed by atoms with Crippen LogP contribution in [0.3, 0.4) is 0 Å². The van der Waals surface area contributed by atoms with Crippen LogP contribution in [0.25, 0.3) is 0 Å². The molecule has 8 nitrogen and oxygen atoms in total. The van der Waals surface area contributed by atoms with Gasteiger partial charge in [-0.05, 0) is 38.1 Å². The van der Waals surface area contributed by atoms with Crippen LogP contribution >= 0.6 is 0 Å². The number of amides is 1. The van der Waals surface area contributed by atoms with E-state index >= 15 is 0 Å². The van der Waals surface area contributed by atoms with Crippen LogP contribution in [0.1, 0.15) is 49.8 Å². The van der Waals surface area contributed by atoms with Crippen LogP contribution in [0.15, 0.2) is 24.0 Å². The summed E-state index contributed by atoms with van der Waals surface area (Å²) in [6.07, 6.45) is 2.92. The zero-order chi connectivity index (χ0) is 23.5. The maximum atomic E-state index is 12.6. The second-order valence-electron chi connectivity index (χ2n) is 10.1. The molecule has 2 heterocycles. The first-order valence-corrected chi connectivity index (χ1v) is 11.8. The number of rotatable bonds is 6. The molecule has 1 aromatic rings. The molecule has 4 atom stereocenters. The minimum Gasteiger partial charge on any atom is -0.481 e. The minimum absolute atomic E-state index is 0.0469. The van der Waals surface area contributed by atoms with Crippen molar-refractivity contribution in [2.75, 3.05) is 20.1 Å². The van der Waals surface area contributed by atoms with Crippen molar-refractivity contribution >= 4 is 11.9 Å². The number of carbonyl (C=O) groups is 2. The number of likely N-dealkylation sites (tertiary alicyclic amines) is 1. The number of ether oxygens (including phenoxy) is 2. The summed E-state index contributed by atoms with van der Waals surface area (Å²) in [4.78, 5) is 26.6. The Morgan fingerprint density at radius 1 is 1.36 bits per heavy atom. The predicted octanol–water partition coefficient (Wildman–Crippen LogP) is 1.16. The number of nitrogens with one attached hydrogen (secondary N) is 1. The SMILES string of the molecule is CC(C)C(=O)NCCC(=O)OC1=CC[C@@]2(O)[C@H]3Cc4ccc(CO)c5c4[C@@]2(CCN3C)[C@H]1O5. The van der Waals surface area contributed by atoms with Crippen molar-refractivity contribution in [1.29, 1.82) is 0 Å². The Bertz CT molecular complexity index is 1040. The largest absolute Gasteiger partial charge is 0.481 e. The Hall–Kier alpha value is -2.42. The number of esters is 1. The summed E-state index contributed by atoms with van der Waals surface area (Å²) in [5.41, 5.74) is 0.984. The fourth-order valence-electron chi connectivity index (χ4n) is 6.31. The molecule has 8 heteroatoms. The quantitative estimate of drug-likeness (QED) is 0.552. The fourth-order valence-corrected chi connectivity index (χ4v) is 6.31. The smallest absolute Gasteiger partial charge is 0.312 e. The molecule has 2 aliphatic heterocycles. The lowest BCUT2D eigenvalue weighted by Gasteiger charge is -2.61. The number of piperidine rings is 1. The number of aliphatic hydroxyl groups is 2. The third-order valence-electron chi connectivity index (χ3n) is 8.01. The van der Waals surface area contributed by atoms with Gasteiger partial charge in [-0.1, -0.05) is 26.0 Å². The third-order valence-corrected chi connectivity index (χ3v) is 8.01. The molecular formula is C25H32N2O6. The molecular weight excluding hydrogens is 424 g/mol. The number of nitrogens with zero attached hydrogens (tertiary/aromatic N) is 1. The maximum Gasteiger partial charge on any atom is 0.312 e. The van der Waals surface area contributed by atoms with Gasteiger partial charge in [0.25, 0.3) is 0 Å². The van der Waals surface area contributed by atoms with Crippen molar-refractivity contribution in [3.05, 3.63) is 40.7 Å². The van der Waals surface area contributed by atoms with Crippen LogP contribution in [0.5, 0.6) is 5.75 Å². The van der Waals surface area contributed by atoms with Gasteiger partial charge >= 0.3 is 5.97 Å². The van der Waals surface area contributed by atoms with E-state index < -0.39 is 23.1 Å². The highest BCUT2D eigenvalue weighted by molar-refractivity contribution is 5.79. The standard InChI is InChI=1S/C25H32N2O6/c1-14(2)23(30)26-10-7-19(29)32-17-6-8-25(31)18-12-15-4-5-16(13-28)21-20(15)24(25,22(17)33-21)9-11-27(18)3/h4-6,14,18,22,28,31H,7-13H2,1-3H3,(H,26,30)/t18-,22+,24+,25-/m1/s1. The molecule has 2 aliphatic carbocycles. The Morgan fingerprint density at radius 3 is 2.88 bits per heavy atom. The van der Waals surface area contributed by atoms with Crippen LogP contribution in [0, 0.1) is 5.92 Å². The van der Waals surface area contributed by atoms with E-state index in [0.717, 1.165) is 17.7 Å². The topological polar surface area (TPSA) is 108 Å². The van der Waals surface area contributed by atoms with Gasteiger partial charge in [0.05, 0.1) is 24.0 Å². The zero-order valence-electron chi connectivity index (χ0n) is 19.4. The summed E-state index contributed by atoms with van der Waals surface area (Å²) in [6, 6.07) is 3.84. The molecule has 1 saturated heterocycles. The van der Waals surface area contributed by atoms with E-state index in [2.05, 4.69) is 10.2 Å². The van der Waals surface area contributed by atoms with Crippen LogP contribution < -0.4 is 10.1 Å². The van der Waals surface area contributed by atoms with Crippen LogP contribution in [-0.2, 0) is 32.8 Å². The molecule has 1 aromatic carbocycles. The first kappa shape index (κ1) is 22.4. The zero-order valence-corrected chi connectivity index (χ0v) is 19.4. The van der Waals surface area contributed by atoms with Crippen LogP contribution in [0.4, 0.5) is 0 Å². The first-order chi connectivity index (χ1) is 15.7. The molecule has 0 saturated carbocycles. The Kier molecular flexibility index (Phi) is 5.30. The molecule has 33 heavy (non-hydrogen) atoms. The lowest BCUT2D eigenvalue weighted by atomic mass is 9.50. The van der Waals surface area contributed by atoms with Gasteiger partial charge in [-0.3, -0.25) is 9.59 Å². The monoisotopic (exact) mass is 456 g/mol. The highest BCUT2D eigenvalue weighted by Crippen LogP contribution is 2.64. The van der Waals surface area contributed by atoms with Crippen molar-refractivity contribution in [2.24, 2.45) is 5.92 Å². The van der Waals surface area contributed by atoms with Crippen molar-refractivity contribution in [3.8, 4) is 5.75 Å². The summed E-state index contributed by atoms with van der Waals surface area (Å²) in [7, 11) is 2.04. The number of benzene rings is 1. The highest BCUT2D eigenvalue weighted by atomic mass is 16.6. The third kappa shape index (κ3) is 3.07. The summed E-state index contributed by atoms with van der Waals surface area (Å²) < 4.78 is 12.2. The van der Waals surface area contributed by atoms with E-state index in [9.17, 15) is 19.8 Å². The van der Waals surface area contributed by atoms with Gasteiger partial charge < -0.3 is 29.9 Å². The number of carbonyl (C=O) groups excluding carboxylic acids is 2. The number of hydrogen-bond donors (Lipinski definition) is 3. The van der Waals surface area contributed by atoms with E-state index in [1.165, 1.54) is 0 Å². The summed E-state index contributed by atoms with van der Waals surface area (Å²) in [6.45, 7) is 4.42. The molecule has 3 N–H and O–H groups in total. The average Bonchev–Trinajstić information content (AvgIpc) is 3.13. The summed E-state index contributed by atoms with van der Waals surface area (Å²) >= 11 is 0. The van der Waals surface area contributed by atoms with Crippen molar-refractivity contribution in [3.63, 3.8) is 0 Å². The fraction of sp³-hybridized carbons (Fsp3) is 0.600. The molecule has 1 amide bonds. The van der Waals surface area contributed by atoms with Gasteiger partial charge in [-0.25, -0.2) is 0 Å². The van der Waals surface area contributed by atoms with Crippen LogP contribution in [0.2, 0.25) is 0 Å². The van der Waals surface area contributed by atoms with Crippen molar-refractivity contribution in [1.82, 2.24) is 10.2 Å². The van der Waals surface area contributed by atoms with Crippen molar-refractivity contribution < 1.29 is 29.3 Å². The van der Waals surface area contributed by atoms with E-state index in [4.69, 9.17) is 9.47 Å².